The van der Waals surface area contributed by atoms with E-state index in [4.69, 9.17) is 5.73 Å². The zero-order chi connectivity index (χ0) is 13.1. The third kappa shape index (κ3) is 2.97. The molecule has 1 heterocycles. The van der Waals surface area contributed by atoms with Crippen molar-refractivity contribution in [3.8, 4) is 0 Å². The minimum atomic E-state index is -0.172. The van der Waals surface area contributed by atoms with Crippen molar-refractivity contribution in [3.63, 3.8) is 0 Å². The Morgan fingerprint density at radius 2 is 2.28 bits per heavy atom. The summed E-state index contributed by atoms with van der Waals surface area (Å²) in [5.41, 5.74) is 7.41. The molecule has 96 valence electrons. The number of hydrogen-bond donors (Lipinski definition) is 2. The third-order valence-electron chi connectivity index (χ3n) is 2.39. The molecule has 0 saturated heterocycles. The van der Waals surface area contributed by atoms with Gasteiger partial charge in [-0.25, -0.2) is 9.89 Å². The summed E-state index contributed by atoms with van der Waals surface area (Å²) >= 11 is 4.91. The van der Waals surface area contributed by atoms with Gasteiger partial charge in [0.2, 0.25) is 0 Å². The minimum Gasteiger partial charge on any atom is -0.399 e. The molecule has 0 aliphatic rings. The highest BCUT2D eigenvalue weighted by Crippen LogP contribution is 2.24. The molecule has 5 nitrogen and oxygen atoms in total. The predicted molar refractivity (Wildman–Crippen MR) is 76.6 cm³/mol. The van der Waals surface area contributed by atoms with Gasteiger partial charge in [0.05, 0.1) is 0 Å². The van der Waals surface area contributed by atoms with E-state index in [0.29, 0.717) is 17.5 Å². The molecule has 1 aromatic carbocycles. The van der Waals surface area contributed by atoms with Gasteiger partial charge in [-0.05, 0) is 30.7 Å². The number of rotatable bonds is 4. The first kappa shape index (κ1) is 13.2. The second-order valence-corrected chi connectivity index (χ2v) is 5.60. The number of nitrogens with one attached hydrogen (secondary N) is 1. The molecule has 0 aliphatic heterocycles. The number of thioether (sulfide) groups is 1. The SMILES string of the molecule is CCn1c(SCc2cc(N)cc(Br)c2)n[nH]c1=O. The van der Waals surface area contributed by atoms with Gasteiger partial charge in [0.1, 0.15) is 0 Å². The molecular formula is C11H13BrN4OS. The standard InChI is InChI=1S/C11H13BrN4OS/c1-2-16-10(17)14-15-11(16)18-6-7-3-8(12)5-9(13)4-7/h3-5H,2,6,13H2,1H3,(H,14,17). The van der Waals surface area contributed by atoms with Crippen LogP contribution < -0.4 is 11.4 Å². The lowest BCUT2D eigenvalue weighted by Gasteiger charge is -2.04. The molecule has 2 aromatic rings. The number of nitrogens with two attached hydrogens (primary N) is 1. The van der Waals surface area contributed by atoms with Crippen LogP contribution in [-0.4, -0.2) is 14.8 Å². The minimum absolute atomic E-state index is 0.172. The Hall–Kier alpha value is -1.21. The van der Waals surface area contributed by atoms with Gasteiger partial charge < -0.3 is 5.73 Å². The zero-order valence-electron chi connectivity index (χ0n) is 9.81. The summed E-state index contributed by atoms with van der Waals surface area (Å²) in [4.78, 5) is 11.4. The van der Waals surface area contributed by atoms with Gasteiger partial charge in [-0.2, -0.15) is 0 Å². The van der Waals surface area contributed by atoms with Gasteiger partial charge in [-0.1, -0.05) is 27.7 Å². The Balaban J connectivity index is 2.13. The van der Waals surface area contributed by atoms with Gasteiger partial charge in [0.25, 0.3) is 0 Å². The van der Waals surface area contributed by atoms with Crippen LogP contribution in [0.5, 0.6) is 0 Å². The van der Waals surface area contributed by atoms with E-state index in [9.17, 15) is 4.79 Å². The highest BCUT2D eigenvalue weighted by atomic mass is 79.9. The molecule has 1 aromatic heterocycles. The number of anilines is 1. The molecule has 2 rings (SSSR count). The topological polar surface area (TPSA) is 76.7 Å². The van der Waals surface area contributed by atoms with Crippen molar-refractivity contribution in [2.24, 2.45) is 0 Å². The monoisotopic (exact) mass is 328 g/mol. The van der Waals surface area contributed by atoms with Crippen LogP contribution in [0.4, 0.5) is 5.69 Å². The van der Waals surface area contributed by atoms with Crippen molar-refractivity contribution in [2.45, 2.75) is 24.4 Å². The Labute approximate surface area is 117 Å². The number of H-pyrrole nitrogens is 1. The first-order valence-corrected chi connectivity index (χ1v) is 7.21. The number of nitrogens with zero attached hydrogens (tertiary/aromatic N) is 2. The van der Waals surface area contributed by atoms with Crippen molar-refractivity contribution in [1.82, 2.24) is 14.8 Å². The maximum absolute atomic E-state index is 11.4. The molecule has 0 amide bonds. The van der Waals surface area contributed by atoms with E-state index < -0.39 is 0 Å². The Morgan fingerprint density at radius 1 is 1.50 bits per heavy atom. The molecule has 0 aliphatic carbocycles. The van der Waals surface area contributed by atoms with Crippen molar-refractivity contribution < 1.29 is 0 Å². The Kier molecular flexibility index (Phi) is 4.13. The second-order valence-electron chi connectivity index (χ2n) is 3.74. The average molecular weight is 329 g/mol. The van der Waals surface area contributed by atoms with Crippen LogP contribution in [0.3, 0.4) is 0 Å². The van der Waals surface area contributed by atoms with Gasteiger partial charge >= 0.3 is 5.69 Å². The van der Waals surface area contributed by atoms with Crippen LogP contribution in [-0.2, 0) is 12.3 Å². The Morgan fingerprint density at radius 3 is 2.94 bits per heavy atom. The molecule has 0 atom stereocenters. The normalized spacial score (nSPS) is 10.8. The van der Waals surface area contributed by atoms with Crippen LogP contribution in [0.2, 0.25) is 0 Å². The number of aromatic nitrogens is 3. The highest BCUT2D eigenvalue weighted by molar-refractivity contribution is 9.10. The maximum Gasteiger partial charge on any atom is 0.343 e. The van der Waals surface area contributed by atoms with Gasteiger partial charge in [-0.3, -0.25) is 4.57 Å². The lowest BCUT2D eigenvalue weighted by atomic mass is 10.2. The van der Waals surface area contributed by atoms with Crippen LogP contribution in [0.25, 0.3) is 0 Å². The van der Waals surface area contributed by atoms with E-state index in [1.165, 1.54) is 11.8 Å². The fourth-order valence-electron chi connectivity index (χ4n) is 1.60. The maximum atomic E-state index is 11.4. The molecule has 0 unspecified atom stereocenters. The molecule has 0 radical (unpaired) electrons. The van der Waals surface area contributed by atoms with Gasteiger partial charge in [0.15, 0.2) is 5.16 Å². The van der Waals surface area contributed by atoms with Crippen LogP contribution in [0.15, 0.2) is 32.6 Å². The number of benzene rings is 1. The quantitative estimate of drug-likeness (QED) is 0.666. The summed E-state index contributed by atoms with van der Waals surface area (Å²) in [6.45, 7) is 2.52. The van der Waals surface area contributed by atoms with Gasteiger partial charge in [-0.15, -0.1) is 5.10 Å². The summed E-state index contributed by atoms with van der Waals surface area (Å²) in [6.07, 6.45) is 0. The van der Waals surface area contributed by atoms with E-state index in [-0.39, 0.29) is 5.69 Å². The zero-order valence-corrected chi connectivity index (χ0v) is 12.2. The number of nitrogen functional groups attached to an aromatic ring is 1. The number of halogens is 1. The summed E-state index contributed by atoms with van der Waals surface area (Å²) in [6, 6.07) is 5.77. The lowest BCUT2D eigenvalue weighted by molar-refractivity contribution is 0.660. The largest absolute Gasteiger partial charge is 0.399 e. The van der Waals surface area contributed by atoms with E-state index in [0.717, 1.165) is 15.7 Å². The van der Waals surface area contributed by atoms with Gasteiger partial charge in [0, 0.05) is 22.5 Å². The summed E-state index contributed by atoms with van der Waals surface area (Å²) < 4.78 is 2.56. The van der Waals surface area contributed by atoms with Crippen molar-refractivity contribution in [2.75, 3.05) is 5.73 Å². The molecule has 0 spiro atoms. The van der Waals surface area contributed by atoms with E-state index in [1.807, 2.05) is 25.1 Å². The molecular weight excluding hydrogens is 316 g/mol. The highest BCUT2D eigenvalue weighted by Gasteiger charge is 2.07. The smallest absolute Gasteiger partial charge is 0.343 e. The molecule has 3 N–H and O–H groups in total. The average Bonchev–Trinajstić information content (AvgIpc) is 2.66. The lowest BCUT2D eigenvalue weighted by Crippen LogP contribution is -2.16. The second kappa shape index (κ2) is 5.62. The van der Waals surface area contributed by atoms with Crippen LogP contribution in [0, 0.1) is 0 Å². The molecule has 18 heavy (non-hydrogen) atoms. The molecule has 0 fully saturated rings. The van der Waals surface area contributed by atoms with Crippen molar-refractivity contribution in [3.05, 3.63) is 38.7 Å². The molecule has 7 heteroatoms. The summed E-state index contributed by atoms with van der Waals surface area (Å²) in [5.74, 6) is 0.716. The molecule has 0 saturated carbocycles. The Bertz CT molecular complexity index is 587. The van der Waals surface area contributed by atoms with E-state index >= 15 is 0 Å². The number of hydrogen-bond acceptors (Lipinski definition) is 4. The third-order valence-corrected chi connectivity index (χ3v) is 3.89. The molecule has 0 bridgehead atoms. The van der Waals surface area contributed by atoms with E-state index in [2.05, 4.69) is 26.1 Å². The first-order valence-electron chi connectivity index (χ1n) is 5.43. The fourth-order valence-corrected chi connectivity index (χ4v) is 3.10. The summed E-state index contributed by atoms with van der Waals surface area (Å²) in [7, 11) is 0. The number of aromatic amines is 1. The summed E-state index contributed by atoms with van der Waals surface area (Å²) in [5, 5.41) is 7.14. The van der Waals surface area contributed by atoms with Crippen molar-refractivity contribution >= 4 is 33.4 Å². The first-order chi connectivity index (χ1) is 8.60. The fraction of sp³-hybridized carbons (Fsp3) is 0.273. The van der Waals surface area contributed by atoms with E-state index in [1.54, 1.807) is 4.57 Å². The predicted octanol–water partition coefficient (Wildman–Crippen LogP) is 2.23. The van der Waals surface area contributed by atoms with Crippen LogP contribution in [0.1, 0.15) is 12.5 Å². The van der Waals surface area contributed by atoms with Crippen LogP contribution >= 0.6 is 27.7 Å². The van der Waals surface area contributed by atoms with Crippen molar-refractivity contribution in [1.29, 1.82) is 0 Å².